The second-order valence-corrected chi connectivity index (χ2v) is 4.87. The van der Waals surface area contributed by atoms with E-state index in [1.807, 2.05) is 36.4 Å². The van der Waals surface area contributed by atoms with Gasteiger partial charge in [-0.2, -0.15) is 0 Å². The van der Waals surface area contributed by atoms with Crippen molar-refractivity contribution in [3.8, 4) is 0 Å². The molecule has 2 aromatic carbocycles. The van der Waals surface area contributed by atoms with Crippen molar-refractivity contribution in [3.63, 3.8) is 0 Å². The van der Waals surface area contributed by atoms with Crippen molar-refractivity contribution in [1.29, 1.82) is 0 Å². The first kappa shape index (κ1) is 11.8. The number of hydrogen-bond acceptors (Lipinski definition) is 3. The molecule has 0 radical (unpaired) electrons. The molecule has 0 N–H and O–H groups in total. The highest BCUT2D eigenvalue weighted by Crippen LogP contribution is 2.19. The Morgan fingerprint density at radius 3 is 2.62 bits per heavy atom. The van der Waals surface area contributed by atoms with Gasteiger partial charge in [-0.3, -0.25) is 14.0 Å². The van der Waals surface area contributed by atoms with Gasteiger partial charge in [-0.25, -0.2) is 4.98 Å². The summed E-state index contributed by atoms with van der Waals surface area (Å²) < 4.78 is 1.52. The first-order valence-corrected chi connectivity index (χ1v) is 6.58. The molecule has 4 aromatic rings. The second-order valence-electron chi connectivity index (χ2n) is 4.87. The summed E-state index contributed by atoms with van der Waals surface area (Å²) in [7, 11) is 0. The molecule has 0 aliphatic heterocycles. The average Bonchev–Trinajstić information content (AvgIpc) is 2.54. The predicted molar refractivity (Wildman–Crippen MR) is 81.9 cm³/mol. The molecule has 0 aliphatic carbocycles. The fourth-order valence-corrected chi connectivity index (χ4v) is 2.68. The standard InChI is InChI=1S/C17H10N2O2/c20-10-12-9-11-5-1-4-8-15(11)19-16(12)18-14-7-3-2-6-13(14)17(19)21/h1-10H. The lowest BCUT2D eigenvalue weighted by molar-refractivity contribution is 0.112. The maximum absolute atomic E-state index is 12.8. The fourth-order valence-electron chi connectivity index (χ4n) is 2.68. The maximum Gasteiger partial charge on any atom is 0.266 e. The highest BCUT2D eigenvalue weighted by molar-refractivity contribution is 5.95. The molecule has 2 heterocycles. The largest absolute Gasteiger partial charge is 0.298 e. The van der Waals surface area contributed by atoms with Gasteiger partial charge < -0.3 is 0 Å². The van der Waals surface area contributed by atoms with Crippen LogP contribution in [0.3, 0.4) is 0 Å². The number of carbonyl (C=O) groups excluding carboxylic acids is 1. The monoisotopic (exact) mass is 274 g/mol. The summed E-state index contributed by atoms with van der Waals surface area (Å²) in [5, 5.41) is 1.38. The van der Waals surface area contributed by atoms with Crippen molar-refractivity contribution < 1.29 is 4.79 Å². The third-order valence-electron chi connectivity index (χ3n) is 3.65. The van der Waals surface area contributed by atoms with E-state index in [0.717, 1.165) is 17.2 Å². The van der Waals surface area contributed by atoms with Gasteiger partial charge in [0, 0.05) is 0 Å². The van der Waals surface area contributed by atoms with Gasteiger partial charge in [0.25, 0.3) is 5.56 Å². The van der Waals surface area contributed by atoms with Gasteiger partial charge in [0.15, 0.2) is 11.9 Å². The number of hydrogen-bond donors (Lipinski definition) is 0. The summed E-state index contributed by atoms with van der Waals surface area (Å²) in [6, 6.07) is 16.4. The Hall–Kier alpha value is -3.01. The summed E-state index contributed by atoms with van der Waals surface area (Å²) in [6.07, 6.45) is 0.739. The maximum atomic E-state index is 12.8. The molecule has 0 amide bonds. The molecule has 4 heteroatoms. The third-order valence-corrected chi connectivity index (χ3v) is 3.65. The van der Waals surface area contributed by atoms with E-state index < -0.39 is 0 Å². The van der Waals surface area contributed by atoms with Crippen LogP contribution < -0.4 is 5.56 Å². The third kappa shape index (κ3) is 1.59. The van der Waals surface area contributed by atoms with Crippen LogP contribution in [0.15, 0.2) is 59.4 Å². The van der Waals surface area contributed by atoms with Crippen molar-refractivity contribution in [2.45, 2.75) is 0 Å². The zero-order valence-electron chi connectivity index (χ0n) is 11.0. The molecule has 0 spiro atoms. The van der Waals surface area contributed by atoms with Crippen LogP contribution in [0.2, 0.25) is 0 Å². The van der Waals surface area contributed by atoms with E-state index >= 15 is 0 Å². The lowest BCUT2D eigenvalue weighted by Gasteiger charge is -2.09. The first-order valence-electron chi connectivity index (χ1n) is 6.58. The Morgan fingerprint density at radius 1 is 1.00 bits per heavy atom. The zero-order chi connectivity index (χ0) is 14.4. The Labute approximate surface area is 119 Å². The molecule has 4 rings (SSSR count). The molecule has 4 nitrogen and oxygen atoms in total. The minimum Gasteiger partial charge on any atom is -0.298 e. The molecule has 100 valence electrons. The molecule has 2 aromatic heterocycles. The molecule has 0 fully saturated rings. The lowest BCUT2D eigenvalue weighted by atomic mass is 10.1. The molecular weight excluding hydrogens is 264 g/mol. The van der Waals surface area contributed by atoms with Crippen LogP contribution in [-0.2, 0) is 0 Å². The fraction of sp³-hybridized carbons (Fsp3) is 0. The predicted octanol–water partition coefficient (Wildman–Crippen LogP) is 2.81. The van der Waals surface area contributed by atoms with E-state index in [0.29, 0.717) is 22.1 Å². The molecule has 0 saturated carbocycles. The van der Waals surface area contributed by atoms with Crippen LogP contribution >= 0.6 is 0 Å². The summed E-state index contributed by atoms with van der Waals surface area (Å²) in [6.45, 7) is 0. The summed E-state index contributed by atoms with van der Waals surface area (Å²) >= 11 is 0. The van der Waals surface area contributed by atoms with Gasteiger partial charge in [0.2, 0.25) is 0 Å². The molecule has 0 bridgehead atoms. The van der Waals surface area contributed by atoms with Gasteiger partial charge in [-0.15, -0.1) is 0 Å². The van der Waals surface area contributed by atoms with E-state index in [4.69, 9.17) is 0 Å². The SMILES string of the molecule is O=Cc1cc2ccccc2n2c(=O)c3ccccc3nc12. The molecule has 0 atom stereocenters. The Kier molecular flexibility index (Phi) is 2.38. The molecule has 21 heavy (non-hydrogen) atoms. The average molecular weight is 274 g/mol. The minimum atomic E-state index is -0.157. The molecule has 0 saturated heterocycles. The van der Waals surface area contributed by atoms with E-state index in [1.54, 1.807) is 18.2 Å². The van der Waals surface area contributed by atoms with Gasteiger partial charge >= 0.3 is 0 Å². The van der Waals surface area contributed by atoms with Gasteiger partial charge in [-0.05, 0) is 29.7 Å². The number of benzene rings is 2. The van der Waals surface area contributed by atoms with E-state index in [1.165, 1.54) is 4.40 Å². The van der Waals surface area contributed by atoms with Crippen LogP contribution in [0.25, 0.3) is 27.5 Å². The number of pyridine rings is 1. The molecule has 0 aliphatic rings. The minimum absolute atomic E-state index is 0.157. The van der Waals surface area contributed by atoms with Crippen LogP contribution in [0, 0.1) is 0 Å². The van der Waals surface area contributed by atoms with E-state index in [2.05, 4.69) is 4.98 Å². The highest BCUT2D eigenvalue weighted by atomic mass is 16.1. The number of aldehydes is 1. The number of nitrogens with zero attached hydrogens (tertiary/aromatic N) is 2. The van der Waals surface area contributed by atoms with Crippen molar-refractivity contribution >= 4 is 33.7 Å². The number of fused-ring (bicyclic) bond motifs is 4. The van der Waals surface area contributed by atoms with Crippen molar-refractivity contribution in [2.75, 3.05) is 0 Å². The van der Waals surface area contributed by atoms with Crippen molar-refractivity contribution in [2.24, 2.45) is 0 Å². The summed E-state index contributed by atoms with van der Waals surface area (Å²) in [4.78, 5) is 28.6. The van der Waals surface area contributed by atoms with Crippen molar-refractivity contribution in [3.05, 3.63) is 70.5 Å². The molecular formula is C17H10N2O2. The van der Waals surface area contributed by atoms with Crippen LogP contribution in [0.1, 0.15) is 10.4 Å². The second kappa shape index (κ2) is 4.24. The number of rotatable bonds is 1. The Bertz CT molecular complexity index is 1080. The smallest absolute Gasteiger partial charge is 0.266 e. The summed E-state index contributed by atoms with van der Waals surface area (Å²) in [5.74, 6) is 0. The number of aromatic nitrogens is 2. The topological polar surface area (TPSA) is 51.4 Å². The summed E-state index contributed by atoms with van der Waals surface area (Å²) in [5.41, 5.74) is 2.00. The zero-order valence-corrected chi connectivity index (χ0v) is 11.0. The highest BCUT2D eigenvalue weighted by Gasteiger charge is 2.11. The van der Waals surface area contributed by atoms with Gasteiger partial charge in [0.1, 0.15) is 0 Å². The van der Waals surface area contributed by atoms with Gasteiger partial charge in [0.05, 0.1) is 22.0 Å². The van der Waals surface area contributed by atoms with Crippen LogP contribution in [0.4, 0.5) is 0 Å². The van der Waals surface area contributed by atoms with Crippen LogP contribution in [-0.4, -0.2) is 15.7 Å². The lowest BCUT2D eigenvalue weighted by Crippen LogP contribution is -2.17. The quantitative estimate of drug-likeness (QED) is 0.305. The first-order chi connectivity index (χ1) is 10.3. The normalized spacial score (nSPS) is 11.2. The Balaban J connectivity index is 2.41. The van der Waals surface area contributed by atoms with Crippen molar-refractivity contribution in [1.82, 2.24) is 9.38 Å². The van der Waals surface area contributed by atoms with E-state index in [-0.39, 0.29) is 5.56 Å². The van der Waals surface area contributed by atoms with E-state index in [9.17, 15) is 9.59 Å². The number of para-hydroxylation sites is 2. The molecule has 0 unspecified atom stereocenters. The Morgan fingerprint density at radius 2 is 1.76 bits per heavy atom. The number of carbonyl (C=O) groups is 1. The van der Waals surface area contributed by atoms with Gasteiger partial charge in [-0.1, -0.05) is 30.3 Å². The van der Waals surface area contributed by atoms with Crippen LogP contribution in [0.5, 0.6) is 0 Å².